The Morgan fingerprint density at radius 3 is 2.52 bits per heavy atom. The molecule has 2 fully saturated rings. The maximum atomic E-state index is 13.5. The Morgan fingerprint density at radius 1 is 1.06 bits per heavy atom. The van der Waals surface area contributed by atoms with Crippen molar-refractivity contribution in [3.8, 4) is 5.75 Å². The number of rotatable bonds is 6. The predicted molar refractivity (Wildman–Crippen MR) is 122 cm³/mol. The summed E-state index contributed by atoms with van der Waals surface area (Å²) in [6, 6.07) is 12.9. The fourth-order valence-electron chi connectivity index (χ4n) is 4.64. The predicted octanol–water partition coefficient (Wildman–Crippen LogP) is 4.01. The molecule has 2 aliphatic rings. The topological polar surface area (TPSA) is 84.0 Å². The summed E-state index contributed by atoms with van der Waals surface area (Å²) in [5.41, 5.74) is 0.415. The second kappa shape index (κ2) is 9.35. The van der Waals surface area contributed by atoms with Crippen molar-refractivity contribution < 1.29 is 23.9 Å². The number of ether oxygens (including phenoxy) is 1. The second-order valence-electron chi connectivity index (χ2n) is 8.62. The van der Waals surface area contributed by atoms with E-state index in [1.165, 1.54) is 13.2 Å². The van der Waals surface area contributed by atoms with Gasteiger partial charge in [-0.25, -0.2) is 5.01 Å². The van der Waals surface area contributed by atoms with Crippen molar-refractivity contribution in [3.63, 3.8) is 0 Å². The Morgan fingerprint density at radius 2 is 1.79 bits per heavy atom. The number of hydrazine groups is 1. The molecule has 0 radical (unpaired) electrons. The summed E-state index contributed by atoms with van der Waals surface area (Å²) in [6.07, 6.45) is 2.02. The quantitative estimate of drug-likeness (QED) is 0.472. The highest BCUT2D eigenvalue weighted by Gasteiger charge is 2.52. The Hall–Kier alpha value is -3.19. The lowest BCUT2D eigenvalue weighted by atomic mass is 9.76. The van der Waals surface area contributed by atoms with E-state index >= 15 is 0 Å². The minimum atomic E-state index is -0.676. The number of hydrogen-bond acceptors (Lipinski definition) is 5. The Bertz CT molecular complexity index is 1120. The zero-order chi connectivity index (χ0) is 23.7. The molecular weight excluding hydrogens is 444 g/mol. The molecule has 33 heavy (non-hydrogen) atoms. The van der Waals surface area contributed by atoms with Crippen LogP contribution in [-0.4, -0.2) is 47.2 Å². The van der Waals surface area contributed by atoms with Crippen LogP contribution in [0.1, 0.15) is 46.9 Å². The number of Topliss-reactive ketones (excluding diaryl/α,β-unsaturated/α-hetero) is 1. The van der Waals surface area contributed by atoms with Gasteiger partial charge in [-0.1, -0.05) is 42.8 Å². The number of hydrogen-bond donors (Lipinski definition) is 0. The van der Waals surface area contributed by atoms with Gasteiger partial charge in [-0.05, 0) is 49.4 Å². The molecule has 8 heteroatoms. The Kier molecular flexibility index (Phi) is 6.51. The third-order valence-electron chi connectivity index (χ3n) is 6.43. The molecule has 0 bridgehead atoms. The third-order valence-corrected chi connectivity index (χ3v) is 6.76. The molecule has 0 aromatic heterocycles. The van der Waals surface area contributed by atoms with E-state index in [1.54, 1.807) is 42.5 Å². The van der Waals surface area contributed by atoms with Gasteiger partial charge in [0.1, 0.15) is 12.3 Å². The normalized spacial score (nSPS) is 22.2. The zero-order valence-corrected chi connectivity index (χ0v) is 19.2. The van der Waals surface area contributed by atoms with Crippen molar-refractivity contribution in [3.05, 3.63) is 64.7 Å². The monoisotopic (exact) mass is 468 g/mol. The van der Waals surface area contributed by atoms with E-state index in [4.69, 9.17) is 16.3 Å². The van der Waals surface area contributed by atoms with E-state index in [1.807, 2.05) is 0 Å². The maximum Gasteiger partial charge on any atom is 0.274 e. The van der Waals surface area contributed by atoms with E-state index in [9.17, 15) is 19.2 Å². The number of halogens is 1. The summed E-state index contributed by atoms with van der Waals surface area (Å²) in [6.45, 7) is 1.57. The minimum Gasteiger partial charge on any atom is -0.497 e. The summed E-state index contributed by atoms with van der Waals surface area (Å²) in [4.78, 5) is 53.3. The molecule has 1 saturated heterocycles. The van der Waals surface area contributed by atoms with Gasteiger partial charge in [0.15, 0.2) is 5.78 Å². The number of carbonyl (C=O) groups is 4. The van der Waals surface area contributed by atoms with Crippen molar-refractivity contribution in [2.75, 3.05) is 13.7 Å². The van der Waals surface area contributed by atoms with Crippen molar-refractivity contribution in [2.24, 2.45) is 17.8 Å². The van der Waals surface area contributed by atoms with Gasteiger partial charge in [-0.15, -0.1) is 0 Å². The summed E-state index contributed by atoms with van der Waals surface area (Å²) in [5, 5.41) is 2.01. The molecule has 3 amide bonds. The molecule has 7 nitrogen and oxygen atoms in total. The zero-order valence-electron chi connectivity index (χ0n) is 18.5. The summed E-state index contributed by atoms with van der Waals surface area (Å²) < 4.78 is 5.18. The smallest absolute Gasteiger partial charge is 0.274 e. The van der Waals surface area contributed by atoms with Gasteiger partial charge in [-0.3, -0.25) is 19.2 Å². The van der Waals surface area contributed by atoms with Crippen LogP contribution in [0.2, 0.25) is 5.02 Å². The third kappa shape index (κ3) is 4.37. The van der Waals surface area contributed by atoms with Crippen molar-refractivity contribution >= 4 is 35.1 Å². The Labute approximate surface area is 197 Å². The SMILES string of the molecule is COc1cccc(C(=O)CN(C(=O)c2ccccc2Cl)N2C(=O)[C@H]3C[C@@H](C)CC[C@H]3C2=O)c1. The molecule has 1 saturated carbocycles. The lowest BCUT2D eigenvalue weighted by molar-refractivity contribution is -0.154. The number of methoxy groups -OCH3 is 1. The van der Waals surface area contributed by atoms with Crippen molar-refractivity contribution in [1.82, 2.24) is 10.0 Å². The molecule has 1 aliphatic carbocycles. The highest BCUT2D eigenvalue weighted by Crippen LogP contribution is 2.41. The molecule has 1 aliphatic heterocycles. The van der Waals surface area contributed by atoms with Crippen LogP contribution in [0.5, 0.6) is 5.75 Å². The number of ketones is 1. The van der Waals surface area contributed by atoms with Crippen LogP contribution in [-0.2, 0) is 9.59 Å². The second-order valence-corrected chi connectivity index (χ2v) is 9.02. The number of fused-ring (bicyclic) bond motifs is 1. The highest BCUT2D eigenvalue weighted by molar-refractivity contribution is 6.34. The number of imide groups is 1. The Balaban J connectivity index is 1.71. The molecule has 2 aromatic rings. The van der Waals surface area contributed by atoms with E-state index in [-0.39, 0.29) is 10.6 Å². The van der Waals surface area contributed by atoms with E-state index in [0.717, 1.165) is 16.4 Å². The first-order valence-corrected chi connectivity index (χ1v) is 11.3. The average Bonchev–Trinajstić information content (AvgIpc) is 3.06. The molecule has 4 rings (SSSR count). The first kappa shape index (κ1) is 23.0. The molecule has 172 valence electrons. The standard InChI is InChI=1S/C25H25ClN2O5/c1-15-10-11-18-20(12-15)25(32)28(24(18)31)27(23(30)19-8-3-4-9-21(19)26)14-22(29)16-6-5-7-17(13-16)33-2/h3-9,13,15,18,20H,10-12,14H2,1-2H3/t15-,18+,20-/m0/s1. The number of carbonyl (C=O) groups excluding carboxylic acids is 4. The van der Waals surface area contributed by atoms with Crippen LogP contribution >= 0.6 is 11.6 Å². The van der Waals surface area contributed by atoms with Crippen LogP contribution in [0.4, 0.5) is 0 Å². The first-order valence-electron chi connectivity index (χ1n) is 10.9. The van der Waals surface area contributed by atoms with Crippen LogP contribution in [0.3, 0.4) is 0 Å². The lowest BCUT2D eigenvalue weighted by Gasteiger charge is -2.30. The van der Waals surface area contributed by atoms with E-state index in [0.29, 0.717) is 30.1 Å². The lowest BCUT2D eigenvalue weighted by Crippen LogP contribution is -2.52. The molecular formula is C25H25ClN2O5. The molecule has 0 unspecified atom stereocenters. The van der Waals surface area contributed by atoms with Crippen LogP contribution in [0, 0.1) is 17.8 Å². The average molecular weight is 469 g/mol. The molecule has 1 heterocycles. The van der Waals surface area contributed by atoms with E-state index in [2.05, 4.69) is 6.92 Å². The van der Waals surface area contributed by atoms with Crippen LogP contribution in [0.15, 0.2) is 48.5 Å². The van der Waals surface area contributed by atoms with Gasteiger partial charge < -0.3 is 4.74 Å². The van der Waals surface area contributed by atoms with Gasteiger partial charge >= 0.3 is 0 Å². The van der Waals surface area contributed by atoms with Gasteiger partial charge in [0, 0.05) is 5.56 Å². The van der Waals surface area contributed by atoms with Gasteiger partial charge in [0.25, 0.3) is 17.7 Å². The van der Waals surface area contributed by atoms with Gasteiger partial charge in [-0.2, -0.15) is 5.01 Å². The van der Waals surface area contributed by atoms with Gasteiger partial charge in [0.05, 0.1) is 29.5 Å². The summed E-state index contributed by atoms with van der Waals surface area (Å²) in [5.74, 6) is -2.13. The molecule has 2 aromatic carbocycles. The molecule has 3 atom stereocenters. The summed E-state index contributed by atoms with van der Waals surface area (Å²) >= 11 is 6.24. The van der Waals surface area contributed by atoms with E-state index < -0.39 is 41.9 Å². The number of nitrogens with zero attached hydrogens (tertiary/aromatic N) is 2. The maximum absolute atomic E-state index is 13.5. The molecule has 0 spiro atoms. The minimum absolute atomic E-state index is 0.112. The number of benzene rings is 2. The molecule has 0 N–H and O–H groups in total. The largest absolute Gasteiger partial charge is 0.497 e. The summed E-state index contributed by atoms with van der Waals surface area (Å²) in [7, 11) is 1.49. The first-order chi connectivity index (χ1) is 15.8. The number of amides is 3. The fraction of sp³-hybridized carbons (Fsp3) is 0.360. The fourth-order valence-corrected chi connectivity index (χ4v) is 4.86. The van der Waals surface area contributed by atoms with Crippen molar-refractivity contribution in [1.29, 1.82) is 0 Å². The van der Waals surface area contributed by atoms with Crippen molar-refractivity contribution in [2.45, 2.75) is 26.2 Å². The van der Waals surface area contributed by atoms with Gasteiger partial charge in [0.2, 0.25) is 0 Å². The van der Waals surface area contributed by atoms with Crippen LogP contribution in [0.25, 0.3) is 0 Å². The highest BCUT2D eigenvalue weighted by atomic mass is 35.5. The van der Waals surface area contributed by atoms with Crippen LogP contribution < -0.4 is 4.74 Å².